The zero-order valence-corrected chi connectivity index (χ0v) is 21.6. The summed E-state index contributed by atoms with van der Waals surface area (Å²) < 4.78 is 11.1. The molecular weight excluding hydrogens is 460 g/mol. The molecule has 36 heavy (non-hydrogen) atoms. The fourth-order valence-electron chi connectivity index (χ4n) is 5.12. The summed E-state index contributed by atoms with van der Waals surface area (Å²) in [5.41, 5.74) is 3.28. The van der Waals surface area contributed by atoms with E-state index in [2.05, 4.69) is 27.2 Å². The summed E-state index contributed by atoms with van der Waals surface area (Å²) in [5.74, 6) is 2.10. The van der Waals surface area contributed by atoms with Crippen molar-refractivity contribution in [3.05, 3.63) is 41.6 Å². The van der Waals surface area contributed by atoms with Crippen LogP contribution in [0.25, 0.3) is 0 Å². The highest BCUT2D eigenvalue weighted by Crippen LogP contribution is 2.41. The van der Waals surface area contributed by atoms with E-state index in [1.807, 2.05) is 19.9 Å². The van der Waals surface area contributed by atoms with Gasteiger partial charge in [0.25, 0.3) is 0 Å². The molecule has 1 aliphatic carbocycles. The Kier molecular flexibility index (Phi) is 7.32. The monoisotopic (exact) mass is 494 g/mol. The summed E-state index contributed by atoms with van der Waals surface area (Å²) in [7, 11) is 4.91. The zero-order valence-electron chi connectivity index (χ0n) is 21.6. The van der Waals surface area contributed by atoms with Gasteiger partial charge in [0.2, 0.25) is 11.9 Å². The van der Waals surface area contributed by atoms with Crippen molar-refractivity contribution in [1.82, 2.24) is 15.3 Å². The van der Waals surface area contributed by atoms with Crippen LogP contribution in [-0.4, -0.2) is 55.3 Å². The number of carbonyl (C=O) groups excluding carboxylic acids is 2. The first-order chi connectivity index (χ1) is 17.3. The maximum absolute atomic E-state index is 13.5. The summed E-state index contributed by atoms with van der Waals surface area (Å²) in [4.78, 5) is 37.9. The maximum Gasteiger partial charge on any atom is 0.330 e. The number of hydrogen-bond donors (Lipinski definition) is 2. The van der Waals surface area contributed by atoms with Crippen molar-refractivity contribution in [3.8, 4) is 11.5 Å². The molecule has 1 aromatic carbocycles. The Morgan fingerprint density at radius 2 is 1.78 bits per heavy atom. The van der Waals surface area contributed by atoms with Gasteiger partial charge in [-0.15, -0.1) is 0 Å². The van der Waals surface area contributed by atoms with E-state index in [-0.39, 0.29) is 24.0 Å². The summed E-state index contributed by atoms with van der Waals surface area (Å²) in [6.45, 7) is 7.72. The first-order valence-corrected chi connectivity index (χ1v) is 12.1. The normalized spacial score (nSPS) is 19.4. The van der Waals surface area contributed by atoms with Gasteiger partial charge >= 0.3 is 6.03 Å². The largest absolute Gasteiger partial charge is 0.496 e. The lowest BCUT2D eigenvalue weighted by Gasteiger charge is -2.36. The van der Waals surface area contributed by atoms with Crippen LogP contribution >= 0.6 is 0 Å². The van der Waals surface area contributed by atoms with Crippen molar-refractivity contribution in [2.24, 2.45) is 0 Å². The van der Waals surface area contributed by atoms with Crippen LogP contribution in [-0.2, 0) is 11.3 Å². The Labute approximate surface area is 211 Å². The molecule has 0 spiro atoms. The smallest absolute Gasteiger partial charge is 0.330 e. The van der Waals surface area contributed by atoms with Crippen LogP contribution in [0.4, 0.5) is 22.2 Å². The van der Waals surface area contributed by atoms with Crippen molar-refractivity contribution in [2.75, 3.05) is 36.4 Å². The predicted octanol–water partition coefficient (Wildman–Crippen LogP) is 3.71. The molecule has 192 valence electrons. The highest BCUT2D eigenvalue weighted by molar-refractivity contribution is 6.06. The van der Waals surface area contributed by atoms with Gasteiger partial charge in [-0.2, -0.15) is 4.98 Å². The maximum atomic E-state index is 13.5. The number of hydrogen-bond acceptors (Lipinski definition) is 7. The third kappa shape index (κ3) is 4.67. The number of aromatic nitrogens is 2. The fraction of sp³-hybridized carbons (Fsp3) is 0.462. The van der Waals surface area contributed by atoms with E-state index in [1.54, 1.807) is 32.4 Å². The molecule has 1 aliphatic heterocycles. The standard InChI is InChI=1S/C26H34N6O4/c1-7-22(33)28-18-10-8-9-11-19(18)29-25-27-13-17-14-32(26(34)31(4)24(17)30-25)23-15(2)20(35-5)12-21(36-6)16(23)3/h7,12-13,18-19H,1,8-11,14H2,2-6H3,(H,28,33)(H,27,29,30). The quantitative estimate of drug-likeness (QED) is 0.565. The molecule has 1 fully saturated rings. The van der Waals surface area contributed by atoms with Gasteiger partial charge in [-0.25, -0.2) is 9.78 Å². The van der Waals surface area contributed by atoms with Gasteiger partial charge in [0, 0.05) is 48.1 Å². The lowest BCUT2D eigenvalue weighted by atomic mass is 9.90. The van der Waals surface area contributed by atoms with Gasteiger partial charge in [0.05, 0.1) is 26.5 Å². The number of rotatable bonds is 7. The lowest BCUT2D eigenvalue weighted by molar-refractivity contribution is -0.117. The number of fused-ring (bicyclic) bond motifs is 1. The average Bonchev–Trinajstić information content (AvgIpc) is 2.88. The third-order valence-electron chi connectivity index (χ3n) is 7.02. The number of anilines is 3. The molecule has 2 aromatic rings. The summed E-state index contributed by atoms with van der Waals surface area (Å²) in [5, 5.41) is 6.38. The average molecular weight is 495 g/mol. The number of carbonyl (C=O) groups is 2. The molecule has 10 heteroatoms. The van der Waals surface area contributed by atoms with E-state index in [9.17, 15) is 9.59 Å². The third-order valence-corrected chi connectivity index (χ3v) is 7.02. The van der Waals surface area contributed by atoms with Gasteiger partial charge in [-0.1, -0.05) is 19.4 Å². The number of methoxy groups -OCH3 is 2. The van der Waals surface area contributed by atoms with E-state index in [0.717, 1.165) is 48.1 Å². The molecule has 0 saturated heterocycles. The van der Waals surface area contributed by atoms with Crippen LogP contribution in [0.5, 0.6) is 11.5 Å². The molecule has 4 rings (SSSR count). The van der Waals surface area contributed by atoms with Gasteiger partial charge in [-0.3, -0.25) is 14.6 Å². The number of amides is 3. The molecular formula is C26H34N6O4. The van der Waals surface area contributed by atoms with Crippen LogP contribution in [0, 0.1) is 13.8 Å². The Morgan fingerprint density at radius 1 is 1.14 bits per heavy atom. The predicted molar refractivity (Wildman–Crippen MR) is 139 cm³/mol. The van der Waals surface area contributed by atoms with E-state index < -0.39 is 0 Å². The molecule has 2 N–H and O–H groups in total. The van der Waals surface area contributed by atoms with Gasteiger partial charge < -0.3 is 20.1 Å². The minimum absolute atomic E-state index is 0.00338. The Hall–Kier alpha value is -3.82. The molecule has 1 aromatic heterocycles. The molecule has 2 unspecified atom stereocenters. The van der Waals surface area contributed by atoms with E-state index in [4.69, 9.17) is 9.47 Å². The van der Waals surface area contributed by atoms with E-state index >= 15 is 0 Å². The summed E-state index contributed by atoms with van der Waals surface area (Å²) in [6.07, 6.45) is 6.91. The van der Waals surface area contributed by atoms with Gasteiger partial charge in [0.15, 0.2) is 0 Å². The Morgan fingerprint density at radius 3 is 2.39 bits per heavy atom. The first-order valence-electron chi connectivity index (χ1n) is 12.1. The van der Waals surface area contributed by atoms with Crippen molar-refractivity contribution >= 4 is 29.4 Å². The number of nitrogens with one attached hydrogen (secondary N) is 2. The molecule has 2 heterocycles. The van der Waals surface area contributed by atoms with Crippen LogP contribution < -0.4 is 29.9 Å². The Balaban J connectivity index is 1.62. The second kappa shape index (κ2) is 10.4. The number of ether oxygens (including phenoxy) is 2. The highest BCUT2D eigenvalue weighted by Gasteiger charge is 2.34. The van der Waals surface area contributed by atoms with E-state index in [1.165, 1.54) is 11.0 Å². The van der Waals surface area contributed by atoms with Crippen molar-refractivity contribution in [1.29, 1.82) is 0 Å². The molecule has 10 nitrogen and oxygen atoms in total. The SMILES string of the molecule is C=CC(=O)NC1CCCCC1Nc1ncc2c(n1)N(C)C(=O)N(c1c(C)c(OC)cc(OC)c1C)C2. The number of nitrogens with zero attached hydrogens (tertiary/aromatic N) is 4. The summed E-state index contributed by atoms with van der Waals surface area (Å²) >= 11 is 0. The van der Waals surface area contributed by atoms with Crippen molar-refractivity contribution in [3.63, 3.8) is 0 Å². The molecule has 0 radical (unpaired) electrons. The van der Waals surface area contributed by atoms with Gasteiger partial charge in [0.1, 0.15) is 17.3 Å². The Bertz CT molecular complexity index is 1160. The molecule has 1 saturated carbocycles. The highest BCUT2D eigenvalue weighted by atomic mass is 16.5. The van der Waals surface area contributed by atoms with Crippen molar-refractivity contribution < 1.29 is 19.1 Å². The van der Waals surface area contributed by atoms with E-state index in [0.29, 0.717) is 29.8 Å². The van der Waals surface area contributed by atoms with Crippen LogP contribution in [0.2, 0.25) is 0 Å². The minimum Gasteiger partial charge on any atom is -0.496 e. The molecule has 2 atom stereocenters. The van der Waals surface area contributed by atoms with Crippen LogP contribution in [0.15, 0.2) is 24.9 Å². The van der Waals surface area contributed by atoms with Crippen molar-refractivity contribution in [2.45, 2.75) is 58.2 Å². The molecule has 0 bridgehead atoms. The lowest BCUT2D eigenvalue weighted by Crippen LogP contribution is -2.49. The number of benzene rings is 1. The zero-order chi connectivity index (χ0) is 26.0. The molecule has 3 amide bonds. The number of urea groups is 1. The second-order valence-electron chi connectivity index (χ2n) is 9.20. The topological polar surface area (TPSA) is 109 Å². The summed E-state index contributed by atoms with van der Waals surface area (Å²) in [6, 6.07) is 1.59. The van der Waals surface area contributed by atoms with Gasteiger partial charge in [-0.05, 0) is 32.8 Å². The van der Waals surface area contributed by atoms with Crippen LogP contribution in [0.3, 0.4) is 0 Å². The van der Waals surface area contributed by atoms with Crippen LogP contribution in [0.1, 0.15) is 42.4 Å². The minimum atomic E-state index is -0.206. The second-order valence-corrected chi connectivity index (χ2v) is 9.20. The molecule has 2 aliphatic rings. The fourth-order valence-corrected chi connectivity index (χ4v) is 5.12. The first kappa shape index (κ1) is 25.3.